The Morgan fingerprint density at radius 2 is 1.83 bits per heavy atom. The first kappa shape index (κ1) is 22.2. The summed E-state index contributed by atoms with van der Waals surface area (Å²) in [7, 11) is 0. The van der Waals surface area contributed by atoms with Crippen molar-refractivity contribution < 1.29 is 9.59 Å². The summed E-state index contributed by atoms with van der Waals surface area (Å²) in [6.45, 7) is 4.62. The van der Waals surface area contributed by atoms with Gasteiger partial charge in [-0.2, -0.15) is 0 Å². The standard InChI is InChI=1S/C24H26N2O2S2/c1-3-17-11-13-18(14-12-17)16-21-23(28)26(24(29)30-21)15-7-10-22(27)25-20-9-6-5-8-19(20)4-2/h5-6,8-9,11-14,16H,3-4,7,10,15H2,1-2H3,(H,25,27). The van der Waals surface area contributed by atoms with E-state index in [1.54, 1.807) is 4.90 Å². The molecule has 4 nitrogen and oxygen atoms in total. The summed E-state index contributed by atoms with van der Waals surface area (Å²) in [6.07, 6.45) is 4.63. The van der Waals surface area contributed by atoms with Crippen molar-refractivity contribution in [3.8, 4) is 0 Å². The minimum atomic E-state index is -0.0821. The van der Waals surface area contributed by atoms with E-state index in [0.29, 0.717) is 28.6 Å². The number of amides is 2. The van der Waals surface area contributed by atoms with Crippen LogP contribution in [-0.2, 0) is 22.4 Å². The quantitative estimate of drug-likeness (QED) is 0.441. The number of nitrogens with one attached hydrogen (secondary N) is 1. The topological polar surface area (TPSA) is 49.4 Å². The van der Waals surface area contributed by atoms with Gasteiger partial charge in [0.25, 0.3) is 5.91 Å². The van der Waals surface area contributed by atoms with Gasteiger partial charge in [-0.25, -0.2) is 0 Å². The highest BCUT2D eigenvalue weighted by Gasteiger charge is 2.31. The van der Waals surface area contributed by atoms with Crippen molar-refractivity contribution >= 4 is 51.9 Å². The molecular weight excluding hydrogens is 412 g/mol. The minimum absolute atomic E-state index is 0.0482. The van der Waals surface area contributed by atoms with Crippen LogP contribution < -0.4 is 5.32 Å². The molecule has 1 saturated heterocycles. The Bertz CT molecular complexity index is 967. The fourth-order valence-electron chi connectivity index (χ4n) is 3.25. The second-order valence-corrected chi connectivity index (χ2v) is 8.77. The lowest BCUT2D eigenvalue weighted by molar-refractivity contribution is -0.122. The van der Waals surface area contributed by atoms with Gasteiger partial charge >= 0.3 is 0 Å². The summed E-state index contributed by atoms with van der Waals surface area (Å²) in [4.78, 5) is 27.3. The maximum atomic E-state index is 12.7. The van der Waals surface area contributed by atoms with Crippen LogP contribution in [0.1, 0.15) is 43.4 Å². The highest BCUT2D eigenvalue weighted by atomic mass is 32.2. The van der Waals surface area contributed by atoms with Crippen molar-refractivity contribution in [1.29, 1.82) is 0 Å². The van der Waals surface area contributed by atoms with Gasteiger partial charge in [-0.15, -0.1) is 0 Å². The highest BCUT2D eigenvalue weighted by Crippen LogP contribution is 2.32. The first-order valence-electron chi connectivity index (χ1n) is 10.2. The molecule has 0 aliphatic carbocycles. The Kier molecular flexibility index (Phi) is 7.82. The minimum Gasteiger partial charge on any atom is -0.326 e. The Labute approximate surface area is 187 Å². The van der Waals surface area contributed by atoms with E-state index in [9.17, 15) is 9.59 Å². The molecule has 1 aliphatic heterocycles. The molecule has 30 heavy (non-hydrogen) atoms. The summed E-state index contributed by atoms with van der Waals surface area (Å²) in [5, 5.41) is 2.97. The number of rotatable bonds is 8. The smallest absolute Gasteiger partial charge is 0.266 e. The van der Waals surface area contributed by atoms with Gasteiger partial charge in [0, 0.05) is 18.7 Å². The predicted octanol–water partition coefficient (Wildman–Crippen LogP) is 5.43. The van der Waals surface area contributed by atoms with E-state index in [1.165, 1.54) is 17.3 Å². The van der Waals surface area contributed by atoms with Crippen molar-refractivity contribution in [1.82, 2.24) is 4.90 Å². The average Bonchev–Trinajstić information content (AvgIpc) is 3.02. The number of para-hydroxylation sites is 1. The number of aryl methyl sites for hydroxylation is 2. The highest BCUT2D eigenvalue weighted by molar-refractivity contribution is 8.26. The van der Waals surface area contributed by atoms with E-state index in [-0.39, 0.29) is 11.8 Å². The third-order valence-corrected chi connectivity index (χ3v) is 6.40. The maximum Gasteiger partial charge on any atom is 0.266 e. The Morgan fingerprint density at radius 1 is 1.10 bits per heavy atom. The third kappa shape index (κ3) is 5.58. The van der Waals surface area contributed by atoms with E-state index < -0.39 is 0 Å². The van der Waals surface area contributed by atoms with Crippen molar-refractivity contribution in [2.75, 3.05) is 11.9 Å². The van der Waals surface area contributed by atoms with Crippen molar-refractivity contribution in [2.24, 2.45) is 0 Å². The zero-order valence-corrected chi connectivity index (χ0v) is 18.9. The van der Waals surface area contributed by atoms with Crippen molar-refractivity contribution in [2.45, 2.75) is 39.5 Å². The van der Waals surface area contributed by atoms with Crippen molar-refractivity contribution in [3.05, 3.63) is 70.1 Å². The molecule has 1 N–H and O–H groups in total. The summed E-state index contributed by atoms with van der Waals surface area (Å²) >= 11 is 6.72. The van der Waals surface area contributed by atoms with E-state index in [2.05, 4.69) is 31.3 Å². The fourth-order valence-corrected chi connectivity index (χ4v) is 4.56. The lowest BCUT2D eigenvalue weighted by Crippen LogP contribution is -2.29. The SMILES string of the molecule is CCc1ccc(C=C2SC(=S)N(CCCC(=O)Nc3ccccc3CC)C2=O)cc1. The lowest BCUT2D eigenvalue weighted by Gasteiger charge is -2.14. The number of carbonyl (C=O) groups is 2. The lowest BCUT2D eigenvalue weighted by atomic mass is 10.1. The number of carbonyl (C=O) groups excluding carboxylic acids is 2. The molecule has 0 atom stereocenters. The Hall–Kier alpha value is -2.44. The molecule has 0 spiro atoms. The number of anilines is 1. The number of hydrogen-bond donors (Lipinski definition) is 1. The molecule has 1 fully saturated rings. The van der Waals surface area contributed by atoms with Crippen LogP contribution in [0.4, 0.5) is 5.69 Å². The monoisotopic (exact) mass is 438 g/mol. The molecule has 0 aromatic heterocycles. The zero-order valence-electron chi connectivity index (χ0n) is 17.3. The second kappa shape index (κ2) is 10.5. The number of thioether (sulfide) groups is 1. The molecular formula is C24H26N2O2S2. The largest absolute Gasteiger partial charge is 0.326 e. The number of thiocarbonyl (C=S) groups is 1. The zero-order chi connectivity index (χ0) is 21.5. The van der Waals surface area contributed by atoms with Crippen LogP contribution in [0, 0.1) is 0 Å². The third-order valence-electron chi connectivity index (χ3n) is 5.02. The first-order chi connectivity index (χ1) is 14.5. The fraction of sp³-hybridized carbons (Fsp3) is 0.292. The summed E-state index contributed by atoms with van der Waals surface area (Å²) in [5.74, 6) is -0.130. The second-order valence-electron chi connectivity index (χ2n) is 7.09. The number of hydrogen-bond acceptors (Lipinski definition) is 4. The van der Waals surface area contributed by atoms with Gasteiger partial charge in [0.05, 0.1) is 4.91 Å². The van der Waals surface area contributed by atoms with Gasteiger partial charge in [0.1, 0.15) is 4.32 Å². The molecule has 2 aromatic carbocycles. The van der Waals surface area contributed by atoms with Crippen LogP contribution in [0.5, 0.6) is 0 Å². The van der Waals surface area contributed by atoms with Crippen LogP contribution in [0.25, 0.3) is 6.08 Å². The molecule has 1 heterocycles. The van der Waals surface area contributed by atoms with Crippen LogP contribution in [-0.4, -0.2) is 27.6 Å². The first-order valence-corrected chi connectivity index (χ1v) is 11.5. The predicted molar refractivity (Wildman–Crippen MR) is 129 cm³/mol. The van der Waals surface area contributed by atoms with E-state index in [4.69, 9.17) is 12.2 Å². The molecule has 0 radical (unpaired) electrons. The summed E-state index contributed by atoms with van der Waals surface area (Å²) in [6, 6.07) is 16.0. The molecule has 2 aromatic rings. The number of benzene rings is 2. The van der Waals surface area contributed by atoms with Gasteiger partial charge in [0.2, 0.25) is 5.91 Å². The van der Waals surface area contributed by atoms with Gasteiger partial charge in [0.15, 0.2) is 0 Å². The molecule has 0 unspecified atom stereocenters. The van der Waals surface area contributed by atoms with Crippen LogP contribution in [0.2, 0.25) is 0 Å². The molecule has 0 bridgehead atoms. The Morgan fingerprint density at radius 3 is 2.53 bits per heavy atom. The molecule has 156 valence electrons. The molecule has 3 rings (SSSR count). The van der Waals surface area contributed by atoms with Gasteiger partial charge in [-0.05, 0) is 48.1 Å². The molecule has 0 saturated carbocycles. The molecule has 2 amide bonds. The van der Waals surface area contributed by atoms with E-state index in [1.807, 2.05) is 42.5 Å². The normalized spacial score (nSPS) is 15.1. The molecule has 6 heteroatoms. The van der Waals surface area contributed by atoms with Gasteiger partial charge in [-0.1, -0.05) is 80.3 Å². The van der Waals surface area contributed by atoms with Crippen LogP contribution >= 0.6 is 24.0 Å². The van der Waals surface area contributed by atoms with Crippen molar-refractivity contribution in [3.63, 3.8) is 0 Å². The van der Waals surface area contributed by atoms with Gasteiger partial charge < -0.3 is 5.32 Å². The van der Waals surface area contributed by atoms with E-state index >= 15 is 0 Å². The number of nitrogens with zero attached hydrogens (tertiary/aromatic N) is 1. The maximum absolute atomic E-state index is 12.7. The van der Waals surface area contributed by atoms with Crippen LogP contribution in [0.3, 0.4) is 0 Å². The average molecular weight is 439 g/mol. The summed E-state index contributed by atoms with van der Waals surface area (Å²) in [5.41, 5.74) is 4.22. The molecule has 1 aliphatic rings. The van der Waals surface area contributed by atoms with E-state index in [0.717, 1.165) is 29.7 Å². The van der Waals surface area contributed by atoms with Gasteiger partial charge in [-0.3, -0.25) is 14.5 Å². The van der Waals surface area contributed by atoms with Crippen LogP contribution in [0.15, 0.2) is 53.4 Å². The Balaban J connectivity index is 1.54. The summed E-state index contributed by atoms with van der Waals surface area (Å²) < 4.78 is 0.549.